The lowest BCUT2D eigenvalue weighted by Gasteiger charge is -2.23. The monoisotopic (exact) mass is 308 g/mol. The predicted molar refractivity (Wildman–Crippen MR) is 72.2 cm³/mol. The lowest BCUT2D eigenvalue weighted by molar-refractivity contribution is 0.204. The number of anilines is 1. The molecule has 0 amide bonds. The van der Waals surface area contributed by atoms with E-state index in [9.17, 15) is 16.8 Å². The number of sulfone groups is 1. The van der Waals surface area contributed by atoms with Gasteiger partial charge >= 0.3 is 0 Å². The van der Waals surface area contributed by atoms with Gasteiger partial charge in [0.15, 0.2) is 9.84 Å². The molecule has 1 aromatic carbocycles. The quantitative estimate of drug-likeness (QED) is 0.525. The van der Waals surface area contributed by atoms with Crippen molar-refractivity contribution in [2.75, 3.05) is 31.5 Å². The predicted octanol–water partition coefficient (Wildman–Crippen LogP) is -0.426. The number of hydrogen-bond donors (Lipinski definition) is 2. The number of thiol groups is 1. The summed E-state index contributed by atoms with van der Waals surface area (Å²) in [5, 5.41) is 1.23. The number of ether oxygens (including phenoxy) is 1. The molecular weight excluding hydrogens is 292 g/mol. The summed E-state index contributed by atoms with van der Waals surface area (Å²) in [7, 11) is -4.89. The van der Waals surface area contributed by atoms with Gasteiger partial charge in [-0.05, 0) is 12.1 Å². The SMILES string of the molecule is COCCN(N[SH](=O)=O)c1ccccc1S(C)(=O)=O. The molecule has 7 nitrogen and oxygen atoms in total. The van der Waals surface area contributed by atoms with Crippen molar-refractivity contribution in [3.63, 3.8) is 0 Å². The average Bonchev–Trinajstić information content (AvgIpc) is 2.33. The van der Waals surface area contributed by atoms with Crippen LogP contribution in [0.3, 0.4) is 0 Å². The van der Waals surface area contributed by atoms with Crippen LogP contribution in [0, 0.1) is 0 Å². The fourth-order valence-electron chi connectivity index (χ4n) is 1.50. The first kappa shape index (κ1) is 15.9. The van der Waals surface area contributed by atoms with E-state index >= 15 is 0 Å². The maximum Gasteiger partial charge on any atom is 0.218 e. The van der Waals surface area contributed by atoms with Crippen molar-refractivity contribution in [2.24, 2.45) is 0 Å². The molecule has 0 bridgehead atoms. The molecular formula is C10H16N2O5S2. The normalized spacial score (nSPS) is 11.7. The molecule has 1 aromatic rings. The van der Waals surface area contributed by atoms with Gasteiger partial charge in [0.1, 0.15) is 0 Å². The fraction of sp³-hybridized carbons (Fsp3) is 0.400. The molecule has 0 saturated carbocycles. The Bertz CT molecular complexity index is 590. The minimum absolute atomic E-state index is 0.0513. The second-order valence-corrected chi connectivity index (χ2v) is 6.44. The van der Waals surface area contributed by atoms with Crippen LogP contribution in [-0.4, -0.2) is 43.4 Å². The van der Waals surface area contributed by atoms with Gasteiger partial charge in [0.2, 0.25) is 10.9 Å². The number of nitrogens with one attached hydrogen (secondary N) is 1. The Morgan fingerprint density at radius 3 is 2.47 bits per heavy atom. The first-order chi connectivity index (χ1) is 8.86. The molecule has 0 aliphatic carbocycles. The second-order valence-electron chi connectivity index (χ2n) is 3.74. The molecule has 1 N–H and O–H groups in total. The molecule has 0 saturated heterocycles. The number of rotatable bonds is 7. The maximum absolute atomic E-state index is 11.7. The van der Waals surface area contributed by atoms with Gasteiger partial charge in [0.05, 0.1) is 23.7 Å². The van der Waals surface area contributed by atoms with Gasteiger partial charge in [0, 0.05) is 13.4 Å². The zero-order valence-corrected chi connectivity index (χ0v) is 12.3. The van der Waals surface area contributed by atoms with Crippen molar-refractivity contribution in [1.29, 1.82) is 0 Å². The number of methoxy groups -OCH3 is 1. The van der Waals surface area contributed by atoms with Crippen molar-refractivity contribution in [2.45, 2.75) is 4.90 Å². The molecule has 0 radical (unpaired) electrons. The largest absolute Gasteiger partial charge is 0.383 e. The molecule has 0 aliphatic rings. The standard InChI is InChI=1S/C10H16N2O5S2/c1-17-8-7-12(11-18(13)14)9-5-3-4-6-10(9)19(2,15)16/h3-6,18H,7-8H2,1-2H3,(H,11,13,14). The third-order valence-electron chi connectivity index (χ3n) is 2.28. The second kappa shape index (κ2) is 6.85. The average molecular weight is 308 g/mol. The Hall–Kier alpha value is -1.16. The van der Waals surface area contributed by atoms with Crippen LogP contribution in [-0.2, 0) is 25.5 Å². The van der Waals surface area contributed by atoms with Crippen LogP contribution < -0.4 is 9.84 Å². The number of nitrogens with zero attached hydrogens (tertiary/aromatic N) is 1. The highest BCUT2D eigenvalue weighted by Crippen LogP contribution is 2.23. The molecule has 1 rings (SSSR count). The van der Waals surface area contributed by atoms with Crippen molar-refractivity contribution in [3.8, 4) is 0 Å². The third-order valence-corrected chi connectivity index (χ3v) is 3.83. The van der Waals surface area contributed by atoms with E-state index in [1.54, 1.807) is 12.1 Å². The van der Waals surface area contributed by atoms with E-state index in [-0.39, 0.29) is 23.7 Å². The first-order valence-electron chi connectivity index (χ1n) is 5.32. The molecule has 0 aliphatic heterocycles. The van der Waals surface area contributed by atoms with Gasteiger partial charge in [-0.1, -0.05) is 12.1 Å². The van der Waals surface area contributed by atoms with E-state index in [2.05, 4.69) is 4.83 Å². The van der Waals surface area contributed by atoms with Crippen LogP contribution in [0.25, 0.3) is 0 Å². The molecule has 0 unspecified atom stereocenters. The molecule has 108 valence electrons. The third kappa shape index (κ3) is 4.78. The van der Waals surface area contributed by atoms with Crippen LogP contribution in [0.2, 0.25) is 0 Å². The summed E-state index contributed by atoms with van der Waals surface area (Å²) in [4.78, 5) is 2.24. The molecule has 0 atom stereocenters. The summed E-state index contributed by atoms with van der Waals surface area (Å²) in [6.45, 7) is 0.431. The summed E-state index contributed by atoms with van der Waals surface area (Å²) >= 11 is 0. The molecule has 0 heterocycles. The van der Waals surface area contributed by atoms with Gasteiger partial charge in [-0.25, -0.2) is 16.8 Å². The summed E-state index contributed by atoms with van der Waals surface area (Å²) in [5.41, 5.74) is 0.265. The number of para-hydroxylation sites is 1. The van der Waals surface area contributed by atoms with E-state index < -0.39 is 20.7 Å². The Balaban J connectivity index is 3.21. The summed E-state index contributed by atoms with van der Waals surface area (Å²) in [5.74, 6) is 0. The molecule has 0 fully saturated rings. The Kier molecular flexibility index (Phi) is 5.73. The molecule has 0 spiro atoms. The van der Waals surface area contributed by atoms with Gasteiger partial charge in [0.25, 0.3) is 0 Å². The number of hydrogen-bond acceptors (Lipinski definition) is 6. The topological polar surface area (TPSA) is 92.8 Å². The lowest BCUT2D eigenvalue weighted by Crippen LogP contribution is -2.40. The van der Waals surface area contributed by atoms with E-state index in [1.807, 2.05) is 0 Å². The fourth-order valence-corrected chi connectivity index (χ4v) is 2.79. The Morgan fingerprint density at radius 2 is 1.95 bits per heavy atom. The van der Waals surface area contributed by atoms with Crippen LogP contribution >= 0.6 is 0 Å². The molecule has 0 aromatic heterocycles. The van der Waals surface area contributed by atoms with Crippen LogP contribution in [0.15, 0.2) is 29.2 Å². The maximum atomic E-state index is 11.7. The minimum Gasteiger partial charge on any atom is -0.383 e. The van der Waals surface area contributed by atoms with E-state index in [1.165, 1.54) is 24.3 Å². The number of hydrazine groups is 1. The van der Waals surface area contributed by atoms with Gasteiger partial charge in [-0.15, -0.1) is 4.83 Å². The number of benzene rings is 1. The highest BCUT2D eigenvalue weighted by Gasteiger charge is 2.18. The smallest absolute Gasteiger partial charge is 0.218 e. The van der Waals surface area contributed by atoms with E-state index in [4.69, 9.17) is 4.74 Å². The highest BCUT2D eigenvalue weighted by molar-refractivity contribution is 7.90. The minimum atomic E-state index is -3.46. The van der Waals surface area contributed by atoms with E-state index in [0.717, 1.165) is 6.26 Å². The molecule has 19 heavy (non-hydrogen) atoms. The van der Waals surface area contributed by atoms with Crippen molar-refractivity contribution >= 4 is 26.4 Å². The van der Waals surface area contributed by atoms with Crippen LogP contribution in [0.5, 0.6) is 0 Å². The van der Waals surface area contributed by atoms with E-state index in [0.29, 0.717) is 0 Å². The summed E-state index contributed by atoms with van der Waals surface area (Å²) in [6.07, 6.45) is 1.07. The summed E-state index contributed by atoms with van der Waals surface area (Å²) < 4.78 is 49.8. The van der Waals surface area contributed by atoms with Gasteiger partial charge in [-0.3, -0.25) is 5.01 Å². The zero-order chi connectivity index (χ0) is 14.5. The summed E-state index contributed by atoms with van der Waals surface area (Å²) in [6, 6.07) is 6.15. The van der Waals surface area contributed by atoms with Crippen molar-refractivity contribution in [1.82, 2.24) is 4.83 Å². The van der Waals surface area contributed by atoms with Crippen LogP contribution in [0.1, 0.15) is 0 Å². The first-order valence-corrected chi connectivity index (χ1v) is 8.39. The van der Waals surface area contributed by atoms with Crippen molar-refractivity contribution < 1.29 is 21.6 Å². The molecule has 9 heteroatoms. The Labute approximate surface area is 114 Å². The van der Waals surface area contributed by atoms with Gasteiger partial charge < -0.3 is 4.74 Å². The Morgan fingerprint density at radius 1 is 1.32 bits per heavy atom. The van der Waals surface area contributed by atoms with Crippen molar-refractivity contribution in [3.05, 3.63) is 24.3 Å². The lowest BCUT2D eigenvalue weighted by atomic mass is 10.3. The van der Waals surface area contributed by atoms with Gasteiger partial charge in [-0.2, -0.15) is 0 Å². The highest BCUT2D eigenvalue weighted by atomic mass is 32.2. The zero-order valence-electron chi connectivity index (χ0n) is 10.6. The van der Waals surface area contributed by atoms with Crippen LogP contribution in [0.4, 0.5) is 5.69 Å².